The van der Waals surface area contributed by atoms with Crippen molar-refractivity contribution in [2.75, 3.05) is 14.2 Å². The zero-order valence-electron chi connectivity index (χ0n) is 20.3. The number of rotatable bonds is 9. The fourth-order valence-corrected chi connectivity index (χ4v) is 3.95. The van der Waals surface area contributed by atoms with Gasteiger partial charge in [-0.1, -0.05) is 30.6 Å². The minimum atomic E-state index is -0.674. The van der Waals surface area contributed by atoms with Crippen molar-refractivity contribution in [1.82, 2.24) is 34.9 Å². The van der Waals surface area contributed by atoms with Crippen LogP contribution >= 0.6 is 0 Å². The molecule has 0 saturated carbocycles. The van der Waals surface area contributed by atoms with Crippen molar-refractivity contribution in [1.29, 1.82) is 0 Å². The molecule has 5 aromatic rings. The van der Waals surface area contributed by atoms with Crippen LogP contribution in [0.3, 0.4) is 0 Å². The highest BCUT2D eigenvalue weighted by atomic mass is 16.5. The minimum Gasteiger partial charge on any atom is -0.493 e. The van der Waals surface area contributed by atoms with Crippen LogP contribution in [0.5, 0.6) is 17.6 Å². The normalized spacial score (nSPS) is 11.2. The molecule has 0 atom stereocenters. The molecule has 0 saturated heterocycles. The van der Waals surface area contributed by atoms with Gasteiger partial charge in [-0.05, 0) is 18.6 Å². The van der Waals surface area contributed by atoms with E-state index >= 15 is 0 Å². The second-order valence-electron chi connectivity index (χ2n) is 8.01. The maximum absolute atomic E-state index is 13.9. The average Bonchev–Trinajstić information content (AvgIpc) is 3.54. The summed E-state index contributed by atoms with van der Waals surface area (Å²) < 4.78 is 23.1. The van der Waals surface area contributed by atoms with Crippen LogP contribution in [0.4, 0.5) is 0 Å². The largest absolute Gasteiger partial charge is 0.493 e. The summed E-state index contributed by atoms with van der Waals surface area (Å²) in [5.74, 6) is -0.114. The van der Waals surface area contributed by atoms with Crippen molar-refractivity contribution in [3.63, 3.8) is 0 Å². The first kappa shape index (κ1) is 23.9. The standard InChI is InChI=1S/C24H23N7O6/c1-4-5-10-16-27-20(32)18(24(33)31(16)19-22(34-2)25-12-26-23(19)35-3)21-29-28-17(36-21)11-14-13-8-6-7-9-15(13)37-30-14/h6-9,12,32H,4-5,10-11H2,1-3H3. The van der Waals surface area contributed by atoms with E-state index in [-0.39, 0.29) is 47.0 Å². The molecule has 4 heterocycles. The van der Waals surface area contributed by atoms with Gasteiger partial charge < -0.3 is 23.5 Å². The number of para-hydroxylation sites is 1. The van der Waals surface area contributed by atoms with E-state index in [1.165, 1.54) is 25.1 Å². The van der Waals surface area contributed by atoms with E-state index < -0.39 is 11.4 Å². The number of aryl methyl sites for hydroxylation is 1. The number of unbranched alkanes of at least 4 members (excludes halogenated alkanes) is 1. The van der Waals surface area contributed by atoms with E-state index in [4.69, 9.17) is 18.4 Å². The number of methoxy groups -OCH3 is 2. The third-order valence-electron chi connectivity index (χ3n) is 5.70. The predicted molar refractivity (Wildman–Crippen MR) is 129 cm³/mol. The summed E-state index contributed by atoms with van der Waals surface area (Å²) in [5, 5.41) is 23.7. The Bertz CT molecular complexity index is 1600. The van der Waals surface area contributed by atoms with Gasteiger partial charge in [-0.15, -0.1) is 10.2 Å². The SMILES string of the molecule is CCCCc1nc(O)c(-c2nnc(Cc3noc4ccccc34)o2)c(=O)n1-c1c(OC)ncnc1OC. The number of aromatic nitrogens is 7. The lowest BCUT2D eigenvalue weighted by molar-refractivity contribution is 0.366. The molecule has 0 bridgehead atoms. The molecule has 4 aromatic heterocycles. The van der Waals surface area contributed by atoms with Crippen LogP contribution in [-0.4, -0.2) is 54.2 Å². The van der Waals surface area contributed by atoms with Crippen molar-refractivity contribution in [3.8, 4) is 34.8 Å². The lowest BCUT2D eigenvalue weighted by atomic mass is 10.2. The molecule has 37 heavy (non-hydrogen) atoms. The lowest BCUT2D eigenvalue weighted by Gasteiger charge is -2.17. The topological polar surface area (TPSA) is 164 Å². The molecule has 0 amide bonds. The van der Waals surface area contributed by atoms with Crippen molar-refractivity contribution < 1.29 is 23.5 Å². The fourth-order valence-electron chi connectivity index (χ4n) is 3.95. The van der Waals surface area contributed by atoms with Gasteiger partial charge in [0.2, 0.25) is 23.5 Å². The van der Waals surface area contributed by atoms with Crippen LogP contribution in [0.15, 0.2) is 44.3 Å². The molecule has 0 aliphatic heterocycles. The summed E-state index contributed by atoms with van der Waals surface area (Å²) in [6.07, 6.45) is 3.34. The molecular weight excluding hydrogens is 482 g/mol. The van der Waals surface area contributed by atoms with Crippen molar-refractivity contribution in [2.45, 2.75) is 32.6 Å². The monoisotopic (exact) mass is 505 g/mol. The van der Waals surface area contributed by atoms with Crippen LogP contribution in [0.2, 0.25) is 0 Å². The molecule has 13 heteroatoms. The van der Waals surface area contributed by atoms with Gasteiger partial charge in [-0.2, -0.15) is 15.0 Å². The van der Waals surface area contributed by atoms with E-state index in [9.17, 15) is 9.90 Å². The number of fused-ring (bicyclic) bond motifs is 1. The summed E-state index contributed by atoms with van der Waals surface area (Å²) in [7, 11) is 2.82. The third kappa shape index (κ3) is 4.35. The summed E-state index contributed by atoms with van der Waals surface area (Å²) in [4.78, 5) is 26.4. The van der Waals surface area contributed by atoms with E-state index in [0.29, 0.717) is 24.1 Å². The highest BCUT2D eigenvalue weighted by Crippen LogP contribution is 2.31. The predicted octanol–water partition coefficient (Wildman–Crippen LogP) is 2.87. The molecule has 0 radical (unpaired) electrons. The van der Waals surface area contributed by atoms with Crippen LogP contribution in [0.25, 0.3) is 28.1 Å². The Morgan fingerprint density at radius 3 is 2.57 bits per heavy atom. The quantitative estimate of drug-likeness (QED) is 0.312. The Morgan fingerprint density at radius 2 is 1.84 bits per heavy atom. The molecule has 5 rings (SSSR count). The molecule has 13 nitrogen and oxygen atoms in total. The Kier molecular flexibility index (Phi) is 6.49. The average molecular weight is 505 g/mol. The fraction of sp³-hybridized carbons (Fsp3) is 0.292. The molecule has 0 unspecified atom stereocenters. The molecule has 1 N–H and O–H groups in total. The first-order chi connectivity index (χ1) is 18.0. The van der Waals surface area contributed by atoms with Crippen LogP contribution in [0, 0.1) is 0 Å². The molecule has 0 fully saturated rings. The summed E-state index contributed by atoms with van der Waals surface area (Å²) in [6.45, 7) is 2.00. The number of ether oxygens (including phenoxy) is 2. The number of hydrogen-bond acceptors (Lipinski definition) is 12. The van der Waals surface area contributed by atoms with E-state index in [1.54, 1.807) is 6.07 Å². The van der Waals surface area contributed by atoms with Gasteiger partial charge in [0, 0.05) is 11.8 Å². The van der Waals surface area contributed by atoms with E-state index in [2.05, 4.69) is 30.3 Å². The number of aromatic hydroxyl groups is 1. The van der Waals surface area contributed by atoms with Gasteiger partial charge in [-0.3, -0.25) is 9.36 Å². The number of nitrogens with zero attached hydrogens (tertiary/aromatic N) is 7. The van der Waals surface area contributed by atoms with Crippen molar-refractivity contribution >= 4 is 11.0 Å². The molecule has 0 aliphatic carbocycles. The Balaban J connectivity index is 1.63. The van der Waals surface area contributed by atoms with Crippen LogP contribution < -0.4 is 15.0 Å². The Hall–Kier alpha value is -4.81. The molecule has 190 valence electrons. The highest BCUT2D eigenvalue weighted by molar-refractivity contribution is 5.79. The zero-order valence-corrected chi connectivity index (χ0v) is 20.3. The molecular formula is C24H23N7O6. The highest BCUT2D eigenvalue weighted by Gasteiger charge is 2.27. The van der Waals surface area contributed by atoms with E-state index in [1.807, 2.05) is 25.1 Å². The van der Waals surface area contributed by atoms with Gasteiger partial charge in [0.05, 0.1) is 20.6 Å². The Labute approximate surface area is 209 Å². The Morgan fingerprint density at radius 1 is 1.08 bits per heavy atom. The van der Waals surface area contributed by atoms with E-state index in [0.717, 1.165) is 11.8 Å². The van der Waals surface area contributed by atoms with Crippen molar-refractivity contribution in [2.24, 2.45) is 0 Å². The first-order valence-corrected chi connectivity index (χ1v) is 11.5. The maximum Gasteiger partial charge on any atom is 0.275 e. The van der Waals surface area contributed by atoms with Gasteiger partial charge >= 0.3 is 0 Å². The third-order valence-corrected chi connectivity index (χ3v) is 5.70. The first-order valence-electron chi connectivity index (χ1n) is 11.5. The van der Waals surface area contributed by atoms with Gasteiger partial charge in [-0.25, -0.2) is 0 Å². The summed E-state index contributed by atoms with van der Waals surface area (Å²) in [6, 6.07) is 7.37. The summed E-state index contributed by atoms with van der Waals surface area (Å²) in [5.41, 5.74) is 0.407. The van der Waals surface area contributed by atoms with Crippen LogP contribution in [-0.2, 0) is 12.8 Å². The smallest absolute Gasteiger partial charge is 0.275 e. The number of hydrogen-bond donors (Lipinski definition) is 1. The van der Waals surface area contributed by atoms with Gasteiger partial charge in [0.15, 0.2) is 16.8 Å². The zero-order chi connectivity index (χ0) is 25.9. The summed E-state index contributed by atoms with van der Waals surface area (Å²) >= 11 is 0. The number of benzene rings is 1. The van der Waals surface area contributed by atoms with Gasteiger partial charge in [0.25, 0.3) is 11.4 Å². The lowest BCUT2D eigenvalue weighted by Crippen LogP contribution is -2.27. The van der Waals surface area contributed by atoms with Crippen molar-refractivity contribution in [3.05, 3.63) is 58.4 Å². The second-order valence-corrected chi connectivity index (χ2v) is 8.01. The second kappa shape index (κ2) is 10.0. The maximum atomic E-state index is 13.9. The van der Waals surface area contributed by atoms with Gasteiger partial charge in [0.1, 0.15) is 17.8 Å². The molecule has 0 spiro atoms. The van der Waals surface area contributed by atoms with Crippen LogP contribution in [0.1, 0.15) is 37.2 Å². The molecule has 0 aliphatic rings. The molecule has 1 aromatic carbocycles. The minimum absolute atomic E-state index is 0.0919.